The summed E-state index contributed by atoms with van der Waals surface area (Å²) in [6, 6.07) is 0.131. The zero-order valence-corrected chi connectivity index (χ0v) is 9.51. The van der Waals surface area contributed by atoms with E-state index in [1.807, 2.05) is 17.5 Å². The molecule has 0 saturated heterocycles. The summed E-state index contributed by atoms with van der Waals surface area (Å²) in [5.41, 5.74) is 6.58. The Labute approximate surface area is 93.9 Å². The first kappa shape index (κ1) is 10.8. The van der Waals surface area contributed by atoms with Crippen molar-refractivity contribution in [2.45, 2.75) is 26.3 Å². The van der Waals surface area contributed by atoms with E-state index in [1.54, 1.807) is 6.20 Å². The second kappa shape index (κ2) is 4.44. The Hall–Kier alpha value is -1.69. The quantitative estimate of drug-likeness (QED) is 0.787. The van der Waals surface area contributed by atoms with Crippen LogP contribution in [0.3, 0.4) is 0 Å². The molecule has 0 radical (unpaired) electrons. The summed E-state index contributed by atoms with van der Waals surface area (Å²) in [5.74, 6) is 1.58. The molecule has 1 atom stereocenters. The van der Waals surface area contributed by atoms with Crippen LogP contribution in [0.1, 0.15) is 19.2 Å². The minimum atomic E-state index is 0.131. The van der Waals surface area contributed by atoms with Gasteiger partial charge in [-0.05, 0) is 13.3 Å². The molecule has 0 aliphatic heterocycles. The van der Waals surface area contributed by atoms with Gasteiger partial charge in [0.25, 0.3) is 0 Å². The maximum absolute atomic E-state index is 5.84. The highest BCUT2D eigenvalue weighted by Gasteiger charge is 2.07. The van der Waals surface area contributed by atoms with Gasteiger partial charge >= 0.3 is 0 Å². The van der Waals surface area contributed by atoms with E-state index in [9.17, 15) is 0 Å². The molecule has 6 nitrogen and oxygen atoms in total. The Bertz CT molecular complexity index is 477. The topological polar surface area (TPSA) is 81.1 Å². The largest absolute Gasteiger partial charge is 0.365 e. The van der Waals surface area contributed by atoms with Crippen LogP contribution in [-0.4, -0.2) is 32.2 Å². The maximum Gasteiger partial charge on any atom is 0.203 e. The zero-order valence-electron chi connectivity index (χ0n) is 9.51. The normalized spacial score (nSPS) is 12.9. The summed E-state index contributed by atoms with van der Waals surface area (Å²) < 4.78 is 1.90. The standard InChI is InChI=1S/C10H16N6/c1-3-8(11)6-13-9-10-15-14-7(2)16(10)5-4-12-9/h4-5,8H,3,6,11H2,1-2H3,(H,12,13). The lowest BCUT2D eigenvalue weighted by molar-refractivity contribution is 0.678. The van der Waals surface area contributed by atoms with Crippen molar-refractivity contribution in [1.82, 2.24) is 19.6 Å². The molecule has 3 N–H and O–H groups in total. The van der Waals surface area contributed by atoms with Crippen LogP contribution in [0.15, 0.2) is 12.4 Å². The lowest BCUT2D eigenvalue weighted by Crippen LogP contribution is -2.28. The molecule has 16 heavy (non-hydrogen) atoms. The number of nitrogens with one attached hydrogen (secondary N) is 1. The smallest absolute Gasteiger partial charge is 0.203 e. The number of hydrogen-bond acceptors (Lipinski definition) is 5. The highest BCUT2D eigenvalue weighted by atomic mass is 15.3. The van der Waals surface area contributed by atoms with Gasteiger partial charge in [0.05, 0.1) is 0 Å². The van der Waals surface area contributed by atoms with Gasteiger partial charge in [-0.3, -0.25) is 4.40 Å². The maximum atomic E-state index is 5.84. The number of aromatic nitrogens is 4. The second-order valence-electron chi connectivity index (χ2n) is 3.77. The third kappa shape index (κ3) is 1.96. The first-order chi connectivity index (χ1) is 7.72. The molecule has 0 amide bonds. The van der Waals surface area contributed by atoms with Gasteiger partial charge in [-0.2, -0.15) is 0 Å². The Morgan fingerprint density at radius 3 is 3.06 bits per heavy atom. The number of anilines is 1. The zero-order chi connectivity index (χ0) is 11.5. The molecule has 0 fully saturated rings. The lowest BCUT2D eigenvalue weighted by atomic mass is 10.2. The number of hydrogen-bond donors (Lipinski definition) is 2. The summed E-state index contributed by atoms with van der Waals surface area (Å²) in [4.78, 5) is 4.24. The van der Waals surface area contributed by atoms with Crippen molar-refractivity contribution in [2.75, 3.05) is 11.9 Å². The van der Waals surface area contributed by atoms with Crippen molar-refractivity contribution >= 4 is 11.5 Å². The van der Waals surface area contributed by atoms with Crippen molar-refractivity contribution in [3.63, 3.8) is 0 Å². The predicted octanol–water partition coefficient (Wildman–Crippen LogP) is 0.582. The van der Waals surface area contributed by atoms with Crippen LogP contribution < -0.4 is 11.1 Å². The van der Waals surface area contributed by atoms with Gasteiger partial charge in [-0.25, -0.2) is 4.98 Å². The molecule has 0 aliphatic rings. The Kier molecular flexibility index (Phi) is 3.00. The molecule has 0 saturated carbocycles. The molecule has 6 heteroatoms. The molecule has 0 bridgehead atoms. The summed E-state index contributed by atoms with van der Waals surface area (Å²) in [7, 11) is 0. The van der Waals surface area contributed by atoms with Gasteiger partial charge in [0, 0.05) is 25.0 Å². The van der Waals surface area contributed by atoms with Crippen LogP contribution in [0.4, 0.5) is 5.82 Å². The van der Waals surface area contributed by atoms with Gasteiger partial charge in [0.2, 0.25) is 5.65 Å². The number of fused-ring (bicyclic) bond motifs is 1. The van der Waals surface area contributed by atoms with E-state index in [0.717, 1.165) is 23.7 Å². The van der Waals surface area contributed by atoms with Gasteiger partial charge in [0.15, 0.2) is 5.82 Å². The molecule has 2 aromatic heterocycles. The molecule has 0 spiro atoms. The van der Waals surface area contributed by atoms with Crippen molar-refractivity contribution in [3.05, 3.63) is 18.2 Å². The number of nitrogens with two attached hydrogens (primary N) is 1. The summed E-state index contributed by atoms with van der Waals surface area (Å²) in [6.07, 6.45) is 4.50. The van der Waals surface area contributed by atoms with E-state index < -0.39 is 0 Å². The summed E-state index contributed by atoms with van der Waals surface area (Å²) in [6.45, 7) is 4.65. The van der Waals surface area contributed by atoms with E-state index in [2.05, 4.69) is 27.4 Å². The fourth-order valence-corrected chi connectivity index (χ4v) is 1.44. The predicted molar refractivity (Wildman–Crippen MR) is 62.3 cm³/mol. The highest BCUT2D eigenvalue weighted by molar-refractivity contribution is 5.61. The van der Waals surface area contributed by atoms with Gasteiger partial charge in [-0.1, -0.05) is 6.92 Å². The molecule has 1 unspecified atom stereocenters. The first-order valence-electron chi connectivity index (χ1n) is 5.38. The minimum absolute atomic E-state index is 0.131. The van der Waals surface area contributed by atoms with Crippen LogP contribution >= 0.6 is 0 Å². The van der Waals surface area contributed by atoms with Crippen LogP contribution in [-0.2, 0) is 0 Å². The van der Waals surface area contributed by atoms with Gasteiger partial charge in [0.1, 0.15) is 5.82 Å². The molecule has 0 aromatic carbocycles. The van der Waals surface area contributed by atoms with E-state index in [1.165, 1.54) is 0 Å². The number of nitrogens with zero attached hydrogens (tertiary/aromatic N) is 4. The molecular formula is C10H16N6. The van der Waals surface area contributed by atoms with Crippen molar-refractivity contribution < 1.29 is 0 Å². The van der Waals surface area contributed by atoms with E-state index in [0.29, 0.717) is 6.54 Å². The number of aryl methyl sites for hydroxylation is 1. The monoisotopic (exact) mass is 220 g/mol. The minimum Gasteiger partial charge on any atom is -0.365 e. The van der Waals surface area contributed by atoms with E-state index >= 15 is 0 Å². The Balaban J connectivity index is 2.24. The lowest BCUT2D eigenvalue weighted by Gasteiger charge is -2.10. The molecule has 0 aliphatic carbocycles. The van der Waals surface area contributed by atoms with Crippen LogP contribution in [0, 0.1) is 6.92 Å². The average molecular weight is 220 g/mol. The average Bonchev–Trinajstić information content (AvgIpc) is 2.69. The molecule has 2 aromatic rings. The summed E-state index contributed by atoms with van der Waals surface area (Å²) in [5, 5.41) is 11.3. The Morgan fingerprint density at radius 1 is 1.50 bits per heavy atom. The molecular weight excluding hydrogens is 204 g/mol. The van der Waals surface area contributed by atoms with Crippen LogP contribution in [0.5, 0.6) is 0 Å². The Morgan fingerprint density at radius 2 is 2.31 bits per heavy atom. The van der Waals surface area contributed by atoms with Crippen molar-refractivity contribution in [2.24, 2.45) is 5.73 Å². The third-order valence-electron chi connectivity index (χ3n) is 2.55. The third-order valence-corrected chi connectivity index (χ3v) is 2.55. The van der Waals surface area contributed by atoms with Crippen LogP contribution in [0.2, 0.25) is 0 Å². The molecule has 2 rings (SSSR count). The van der Waals surface area contributed by atoms with Gasteiger partial charge in [-0.15, -0.1) is 10.2 Å². The highest BCUT2D eigenvalue weighted by Crippen LogP contribution is 2.11. The van der Waals surface area contributed by atoms with Crippen LogP contribution in [0.25, 0.3) is 5.65 Å². The first-order valence-corrected chi connectivity index (χ1v) is 5.38. The van der Waals surface area contributed by atoms with Crippen molar-refractivity contribution in [1.29, 1.82) is 0 Å². The summed E-state index contributed by atoms with van der Waals surface area (Å²) >= 11 is 0. The van der Waals surface area contributed by atoms with Gasteiger partial charge < -0.3 is 11.1 Å². The van der Waals surface area contributed by atoms with Crippen molar-refractivity contribution in [3.8, 4) is 0 Å². The van der Waals surface area contributed by atoms with E-state index in [-0.39, 0.29) is 6.04 Å². The fourth-order valence-electron chi connectivity index (χ4n) is 1.44. The SMILES string of the molecule is CCC(N)CNc1nccn2c(C)nnc12. The van der Waals surface area contributed by atoms with E-state index in [4.69, 9.17) is 5.73 Å². The number of rotatable bonds is 4. The molecule has 2 heterocycles. The second-order valence-corrected chi connectivity index (χ2v) is 3.77. The fraction of sp³-hybridized carbons (Fsp3) is 0.500. The molecule has 86 valence electrons.